The molecule has 68 valence electrons. The van der Waals surface area contributed by atoms with E-state index in [1.807, 2.05) is 6.92 Å². The average molecular weight is 170 g/mol. The SMILES string of the molecule is CCC(=O)C1CC2(C1)OCCO2. The van der Waals surface area contributed by atoms with Gasteiger partial charge in [0.15, 0.2) is 5.79 Å². The molecule has 3 nitrogen and oxygen atoms in total. The highest BCUT2D eigenvalue weighted by atomic mass is 16.7. The van der Waals surface area contributed by atoms with Crippen molar-refractivity contribution in [2.24, 2.45) is 5.92 Å². The zero-order valence-corrected chi connectivity index (χ0v) is 7.34. The summed E-state index contributed by atoms with van der Waals surface area (Å²) in [5.74, 6) is 0.197. The molecular weight excluding hydrogens is 156 g/mol. The summed E-state index contributed by atoms with van der Waals surface area (Å²) in [7, 11) is 0. The second-order valence-electron chi connectivity index (χ2n) is 3.53. The van der Waals surface area contributed by atoms with Crippen molar-refractivity contribution >= 4 is 5.78 Å². The molecule has 0 aromatic heterocycles. The van der Waals surface area contributed by atoms with Crippen LogP contribution in [-0.2, 0) is 14.3 Å². The Morgan fingerprint density at radius 3 is 2.50 bits per heavy atom. The van der Waals surface area contributed by atoms with Crippen molar-refractivity contribution in [2.75, 3.05) is 13.2 Å². The zero-order chi connectivity index (χ0) is 8.60. The fourth-order valence-electron chi connectivity index (χ4n) is 1.94. The van der Waals surface area contributed by atoms with E-state index in [9.17, 15) is 4.79 Å². The standard InChI is InChI=1S/C9H14O3/c1-2-8(10)7-5-9(6-7)11-3-4-12-9/h7H,2-6H2,1H3. The highest BCUT2D eigenvalue weighted by Gasteiger charge is 2.51. The quantitative estimate of drug-likeness (QED) is 0.623. The molecular formula is C9H14O3. The molecule has 1 spiro atoms. The predicted octanol–water partition coefficient (Wildman–Crippen LogP) is 1.12. The minimum Gasteiger partial charge on any atom is -0.347 e. The third-order valence-electron chi connectivity index (χ3n) is 2.73. The molecule has 1 aliphatic heterocycles. The second kappa shape index (κ2) is 2.82. The van der Waals surface area contributed by atoms with Gasteiger partial charge >= 0.3 is 0 Å². The summed E-state index contributed by atoms with van der Waals surface area (Å²) in [5, 5.41) is 0. The van der Waals surface area contributed by atoms with Crippen LogP contribution < -0.4 is 0 Å². The van der Waals surface area contributed by atoms with Gasteiger partial charge in [0.05, 0.1) is 13.2 Å². The summed E-state index contributed by atoms with van der Waals surface area (Å²) in [6.07, 6.45) is 2.19. The molecule has 2 rings (SSSR count). The summed E-state index contributed by atoms with van der Waals surface area (Å²) in [4.78, 5) is 11.2. The summed E-state index contributed by atoms with van der Waals surface area (Å²) in [6, 6.07) is 0. The van der Waals surface area contributed by atoms with Crippen LogP contribution in [0.5, 0.6) is 0 Å². The van der Waals surface area contributed by atoms with Gasteiger partial charge < -0.3 is 9.47 Å². The van der Waals surface area contributed by atoms with Crippen molar-refractivity contribution in [3.8, 4) is 0 Å². The van der Waals surface area contributed by atoms with Crippen molar-refractivity contribution in [3.05, 3.63) is 0 Å². The van der Waals surface area contributed by atoms with E-state index in [0.29, 0.717) is 25.4 Å². The van der Waals surface area contributed by atoms with Gasteiger partial charge in [-0.3, -0.25) is 4.79 Å². The number of Topliss-reactive ketones (excluding diaryl/α,β-unsaturated/α-hetero) is 1. The van der Waals surface area contributed by atoms with Gasteiger partial charge in [0.25, 0.3) is 0 Å². The largest absolute Gasteiger partial charge is 0.347 e. The lowest BCUT2D eigenvalue weighted by atomic mass is 9.75. The van der Waals surface area contributed by atoms with Crippen LogP contribution in [0, 0.1) is 5.92 Å². The number of rotatable bonds is 2. The van der Waals surface area contributed by atoms with Crippen molar-refractivity contribution in [2.45, 2.75) is 32.0 Å². The van der Waals surface area contributed by atoms with Crippen LogP contribution in [0.3, 0.4) is 0 Å². The summed E-state index contributed by atoms with van der Waals surface area (Å²) in [5.41, 5.74) is 0. The van der Waals surface area contributed by atoms with Gasteiger partial charge in [-0.1, -0.05) is 6.92 Å². The molecule has 0 bridgehead atoms. The molecule has 0 atom stereocenters. The number of hydrogen-bond acceptors (Lipinski definition) is 3. The van der Waals surface area contributed by atoms with Crippen LogP contribution in [0.25, 0.3) is 0 Å². The van der Waals surface area contributed by atoms with E-state index in [1.165, 1.54) is 0 Å². The maximum atomic E-state index is 11.2. The first-order chi connectivity index (χ1) is 5.76. The Labute approximate surface area is 72.0 Å². The van der Waals surface area contributed by atoms with Crippen LogP contribution in [0.4, 0.5) is 0 Å². The van der Waals surface area contributed by atoms with Gasteiger partial charge in [0.1, 0.15) is 5.78 Å². The smallest absolute Gasteiger partial charge is 0.169 e. The highest BCUT2D eigenvalue weighted by molar-refractivity contribution is 5.81. The maximum Gasteiger partial charge on any atom is 0.169 e. The van der Waals surface area contributed by atoms with Gasteiger partial charge in [-0.25, -0.2) is 0 Å². The third-order valence-corrected chi connectivity index (χ3v) is 2.73. The molecule has 1 saturated carbocycles. The Morgan fingerprint density at radius 1 is 1.42 bits per heavy atom. The average Bonchev–Trinajstić information content (AvgIpc) is 2.48. The molecule has 3 heteroatoms. The number of carbonyl (C=O) groups is 1. The summed E-state index contributed by atoms with van der Waals surface area (Å²) >= 11 is 0. The Morgan fingerprint density at radius 2 is 2.00 bits per heavy atom. The fraction of sp³-hybridized carbons (Fsp3) is 0.889. The normalized spacial score (nSPS) is 27.4. The van der Waals surface area contributed by atoms with E-state index in [1.54, 1.807) is 0 Å². The molecule has 0 amide bonds. The Bertz CT molecular complexity index is 186. The summed E-state index contributed by atoms with van der Waals surface area (Å²) in [6.45, 7) is 3.28. The lowest BCUT2D eigenvalue weighted by Gasteiger charge is -2.41. The van der Waals surface area contributed by atoms with Crippen molar-refractivity contribution in [1.82, 2.24) is 0 Å². The molecule has 0 radical (unpaired) electrons. The van der Waals surface area contributed by atoms with E-state index >= 15 is 0 Å². The minimum atomic E-state index is -0.352. The molecule has 0 unspecified atom stereocenters. The van der Waals surface area contributed by atoms with Crippen LogP contribution >= 0.6 is 0 Å². The molecule has 2 fully saturated rings. The monoisotopic (exact) mass is 170 g/mol. The van der Waals surface area contributed by atoms with Gasteiger partial charge in [0, 0.05) is 25.2 Å². The summed E-state index contributed by atoms with van der Waals surface area (Å²) < 4.78 is 10.9. The van der Waals surface area contributed by atoms with Crippen LogP contribution in [0.1, 0.15) is 26.2 Å². The fourth-order valence-corrected chi connectivity index (χ4v) is 1.94. The lowest BCUT2D eigenvalue weighted by Crippen LogP contribution is -2.47. The molecule has 2 aliphatic rings. The molecule has 1 aliphatic carbocycles. The highest BCUT2D eigenvalue weighted by Crippen LogP contribution is 2.44. The maximum absolute atomic E-state index is 11.2. The van der Waals surface area contributed by atoms with Gasteiger partial charge in [-0.05, 0) is 0 Å². The molecule has 1 heterocycles. The Balaban J connectivity index is 1.86. The van der Waals surface area contributed by atoms with Crippen LogP contribution in [0.15, 0.2) is 0 Å². The van der Waals surface area contributed by atoms with Crippen LogP contribution in [0.2, 0.25) is 0 Å². The van der Waals surface area contributed by atoms with Crippen LogP contribution in [-0.4, -0.2) is 24.8 Å². The minimum absolute atomic E-state index is 0.202. The van der Waals surface area contributed by atoms with E-state index in [4.69, 9.17) is 9.47 Å². The second-order valence-corrected chi connectivity index (χ2v) is 3.53. The Kier molecular flexibility index (Phi) is 1.93. The number of carbonyl (C=O) groups excluding carboxylic acids is 1. The van der Waals surface area contributed by atoms with E-state index < -0.39 is 0 Å². The first-order valence-electron chi connectivity index (χ1n) is 4.56. The lowest BCUT2D eigenvalue weighted by molar-refractivity contribution is -0.228. The predicted molar refractivity (Wildman–Crippen MR) is 42.7 cm³/mol. The van der Waals surface area contributed by atoms with Gasteiger partial charge in [-0.15, -0.1) is 0 Å². The van der Waals surface area contributed by atoms with Gasteiger partial charge in [0.2, 0.25) is 0 Å². The molecule has 0 aromatic rings. The Hall–Kier alpha value is -0.410. The van der Waals surface area contributed by atoms with Crippen molar-refractivity contribution in [3.63, 3.8) is 0 Å². The molecule has 0 aromatic carbocycles. The number of hydrogen-bond donors (Lipinski definition) is 0. The van der Waals surface area contributed by atoms with E-state index in [0.717, 1.165) is 12.8 Å². The topological polar surface area (TPSA) is 35.5 Å². The van der Waals surface area contributed by atoms with E-state index in [-0.39, 0.29) is 11.7 Å². The van der Waals surface area contributed by atoms with Crippen molar-refractivity contribution in [1.29, 1.82) is 0 Å². The zero-order valence-electron chi connectivity index (χ0n) is 7.34. The first-order valence-corrected chi connectivity index (χ1v) is 4.56. The first kappa shape index (κ1) is 8.20. The number of ether oxygens (including phenoxy) is 2. The molecule has 12 heavy (non-hydrogen) atoms. The molecule has 1 saturated heterocycles. The third kappa shape index (κ3) is 1.17. The van der Waals surface area contributed by atoms with Crippen molar-refractivity contribution < 1.29 is 14.3 Å². The van der Waals surface area contributed by atoms with E-state index in [2.05, 4.69) is 0 Å². The molecule has 0 N–H and O–H groups in total. The number of ketones is 1. The van der Waals surface area contributed by atoms with Gasteiger partial charge in [-0.2, -0.15) is 0 Å².